The molecule has 0 aromatic carbocycles. The van der Waals surface area contributed by atoms with E-state index < -0.39 is 0 Å². The highest BCUT2D eigenvalue weighted by atomic mass is 16.3. The molecule has 2 aromatic rings. The number of amides is 1. The molecule has 0 bridgehead atoms. The fraction of sp³-hybridized carbons (Fsp3) is 0.462. The van der Waals surface area contributed by atoms with Gasteiger partial charge in [0.2, 0.25) is 0 Å². The van der Waals surface area contributed by atoms with Crippen molar-refractivity contribution in [3.63, 3.8) is 0 Å². The number of hydrogen-bond donors (Lipinski definition) is 2. The molecule has 2 heterocycles. The van der Waals surface area contributed by atoms with Crippen LogP contribution >= 0.6 is 0 Å². The van der Waals surface area contributed by atoms with Crippen molar-refractivity contribution in [2.45, 2.75) is 13.8 Å². The van der Waals surface area contributed by atoms with Gasteiger partial charge in [-0.25, -0.2) is 4.98 Å². The summed E-state index contributed by atoms with van der Waals surface area (Å²) in [6, 6.07) is 1.75. The van der Waals surface area contributed by atoms with E-state index in [-0.39, 0.29) is 18.4 Å². The van der Waals surface area contributed by atoms with Crippen molar-refractivity contribution in [3.8, 4) is 0 Å². The van der Waals surface area contributed by atoms with E-state index in [1.165, 1.54) is 0 Å². The highest BCUT2D eigenvalue weighted by Gasteiger charge is 2.15. The number of fused-ring (bicyclic) bond motifs is 1. The van der Waals surface area contributed by atoms with Gasteiger partial charge in [-0.15, -0.1) is 0 Å². The molecule has 0 aliphatic heterocycles. The van der Waals surface area contributed by atoms with E-state index in [1.807, 2.05) is 13.8 Å². The summed E-state index contributed by atoms with van der Waals surface area (Å²) in [5.74, 6) is -0.125. The van der Waals surface area contributed by atoms with Crippen LogP contribution in [-0.2, 0) is 7.05 Å². The van der Waals surface area contributed by atoms with Crippen LogP contribution in [0.15, 0.2) is 12.3 Å². The van der Waals surface area contributed by atoms with Gasteiger partial charge in [0.1, 0.15) is 0 Å². The van der Waals surface area contributed by atoms with Crippen LogP contribution in [-0.4, -0.2) is 38.9 Å². The Hall–Kier alpha value is -1.95. The SMILES string of the molecule is Cc1cc(C(=O)NCC(C)CO)c2cnn(C)c2n1. The van der Waals surface area contributed by atoms with E-state index in [4.69, 9.17) is 5.11 Å². The Kier molecular flexibility index (Phi) is 3.80. The highest BCUT2D eigenvalue weighted by Crippen LogP contribution is 2.17. The van der Waals surface area contributed by atoms with Crippen LogP contribution < -0.4 is 5.32 Å². The topological polar surface area (TPSA) is 80.0 Å². The molecule has 6 heteroatoms. The van der Waals surface area contributed by atoms with Gasteiger partial charge in [0.15, 0.2) is 5.65 Å². The first-order valence-corrected chi connectivity index (χ1v) is 6.21. The number of aliphatic hydroxyl groups excluding tert-OH is 1. The Morgan fingerprint density at radius 2 is 2.32 bits per heavy atom. The van der Waals surface area contributed by atoms with Crippen molar-refractivity contribution in [3.05, 3.63) is 23.5 Å². The van der Waals surface area contributed by atoms with Gasteiger partial charge in [0.05, 0.1) is 17.1 Å². The average Bonchev–Trinajstić information content (AvgIpc) is 2.76. The summed E-state index contributed by atoms with van der Waals surface area (Å²) in [4.78, 5) is 16.6. The normalized spacial score (nSPS) is 12.6. The van der Waals surface area contributed by atoms with Crippen molar-refractivity contribution < 1.29 is 9.90 Å². The van der Waals surface area contributed by atoms with Crippen molar-refractivity contribution in [1.29, 1.82) is 0 Å². The second-order valence-electron chi connectivity index (χ2n) is 4.81. The number of aliphatic hydroxyl groups is 1. The summed E-state index contributed by atoms with van der Waals surface area (Å²) >= 11 is 0. The van der Waals surface area contributed by atoms with Crippen LogP contribution in [0.3, 0.4) is 0 Å². The van der Waals surface area contributed by atoms with Gasteiger partial charge in [-0.1, -0.05) is 6.92 Å². The maximum atomic E-state index is 12.2. The molecule has 1 amide bonds. The minimum atomic E-state index is -0.163. The van der Waals surface area contributed by atoms with Gasteiger partial charge in [0.25, 0.3) is 5.91 Å². The minimum Gasteiger partial charge on any atom is -0.396 e. The lowest BCUT2D eigenvalue weighted by atomic mass is 10.1. The van der Waals surface area contributed by atoms with Gasteiger partial charge >= 0.3 is 0 Å². The molecule has 102 valence electrons. The first-order valence-electron chi connectivity index (χ1n) is 6.21. The van der Waals surface area contributed by atoms with Crippen LogP contribution in [0.4, 0.5) is 0 Å². The molecule has 0 aliphatic carbocycles. The van der Waals surface area contributed by atoms with E-state index in [9.17, 15) is 4.79 Å². The summed E-state index contributed by atoms with van der Waals surface area (Å²) in [5, 5.41) is 16.6. The molecule has 2 aromatic heterocycles. The van der Waals surface area contributed by atoms with Gasteiger partial charge in [-0.05, 0) is 18.9 Å². The monoisotopic (exact) mass is 262 g/mol. The van der Waals surface area contributed by atoms with Crippen LogP contribution in [0.25, 0.3) is 11.0 Å². The summed E-state index contributed by atoms with van der Waals surface area (Å²) in [5.41, 5.74) is 2.04. The van der Waals surface area contributed by atoms with Crippen molar-refractivity contribution in [2.24, 2.45) is 13.0 Å². The molecule has 1 unspecified atom stereocenters. The zero-order valence-corrected chi connectivity index (χ0v) is 11.3. The second kappa shape index (κ2) is 5.36. The van der Waals surface area contributed by atoms with E-state index in [0.717, 1.165) is 11.1 Å². The Bertz CT molecular complexity index is 606. The Morgan fingerprint density at radius 3 is 3.00 bits per heavy atom. The summed E-state index contributed by atoms with van der Waals surface area (Å²) < 4.78 is 1.65. The molecular formula is C13H18N4O2. The Labute approximate surface area is 111 Å². The van der Waals surface area contributed by atoms with Crippen LogP contribution in [0.5, 0.6) is 0 Å². The van der Waals surface area contributed by atoms with Gasteiger partial charge < -0.3 is 10.4 Å². The molecule has 0 saturated carbocycles. The Morgan fingerprint density at radius 1 is 1.58 bits per heavy atom. The number of nitrogens with zero attached hydrogens (tertiary/aromatic N) is 3. The number of hydrogen-bond acceptors (Lipinski definition) is 4. The summed E-state index contributed by atoms with van der Waals surface area (Å²) in [6.45, 7) is 4.22. The van der Waals surface area contributed by atoms with E-state index in [1.54, 1.807) is 24.0 Å². The molecule has 0 fully saturated rings. The van der Waals surface area contributed by atoms with Crippen molar-refractivity contribution in [2.75, 3.05) is 13.2 Å². The number of aromatic nitrogens is 3. The third-order valence-corrected chi connectivity index (χ3v) is 3.00. The zero-order chi connectivity index (χ0) is 14.0. The Balaban J connectivity index is 2.31. The number of nitrogens with one attached hydrogen (secondary N) is 1. The molecule has 19 heavy (non-hydrogen) atoms. The van der Waals surface area contributed by atoms with Gasteiger partial charge in [0, 0.05) is 25.9 Å². The smallest absolute Gasteiger partial charge is 0.252 e. The first kappa shape index (κ1) is 13.5. The maximum absolute atomic E-state index is 12.2. The predicted octanol–water partition coefficient (Wildman–Crippen LogP) is 0.635. The number of rotatable bonds is 4. The van der Waals surface area contributed by atoms with Crippen molar-refractivity contribution in [1.82, 2.24) is 20.1 Å². The number of pyridine rings is 1. The minimum absolute atomic E-state index is 0.0382. The summed E-state index contributed by atoms with van der Waals surface area (Å²) in [7, 11) is 1.80. The number of carbonyl (C=O) groups is 1. The molecule has 0 radical (unpaired) electrons. The molecule has 0 saturated heterocycles. The van der Waals surface area contributed by atoms with Crippen LogP contribution in [0.2, 0.25) is 0 Å². The standard InChI is InChI=1S/C13H18N4O2/c1-8(7-18)5-14-13(19)10-4-9(2)16-12-11(10)6-15-17(12)3/h4,6,8,18H,5,7H2,1-3H3,(H,14,19). The predicted molar refractivity (Wildman–Crippen MR) is 71.8 cm³/mol. The van der Waals surface area contributed by atoms with Crippen LogP contribution in [0, 0.1) is 12.8 Å². The van der Waals surface area contributed by atoms with E-state index in [0.29, 0.717) is 17.8 Å². The number of aryl methyl sites for hydroxylation is 2. The lowest BCUT2D eigenvalue weighted by Crippen LogP contribution is -2.29. The lowest BCUT2D eigenvalue weighted by molar-refractivity contribution is 0.0944. The van der Waals surface area contributed by atoms with E-state index >= 15 is 0 Å². The van der Waals surface area contributed by atoms with Gasteiger partial charge in [-0.3, -0.25) is 9.48 Å². The van der Waals surface area contributed by atoms with Crippen molar-refractivity contribution >= 4 is 16.9 Å². The fourth-order valence-electron chi connectivity index (χ4n) is 1.85. The molecule has 2 rings (SSSR count). The third-order valence-electron chi connectivity index (χ3n) is 3.00. The quantitative estimate of drug-likeness (QED) is 0.847. The summed E-state index contributed by atoms with van der Waals surface area (Å²) in [6.07, 6.45) is 1.64. The van der Waals surface area contributed by atoms with Gasteiger partial charge in [-0.2, -0.15) is 5.10 Å². The van der Waals surface area contributed by atoms with Crippen LogP contribution in [0.1, 0.15) is 23.0 Å². The third kappa shape index (κ3) is 2.73. The fourth-order valence-corrected chi connectivity index (χ4v) is 1.85. The lowest BCUT2D eigenvalue weighted by Gasteiger charge is -2.10. The highest BCUT2D eigenvalue weighted by molar-refractivity contribution is 6.05. The largest absolute Gasteiger partial charge is 0.396 e. The van der Waals surface area contributed by atoms with E-state index in [2.05, 4.69) is 15.4 Å². The molecule has 0 aliphatic rings. The maximum Gasteiger partial charge on any atom is 0.252 e. The molecular weight excluding hydrogens is 244 g/mol. The number of carbonyl (C=O) groups excluding carboxylic acids is 1. The zero-order valence-electron chi connectivity index (χ0n) is 11.3. The molecule has 2 N–H and O–H groups in total. The first-order chi connectivity index (χ1) is 9.02. The molecule has 1 atom stereocenters. The second-order valence-corrected chi connectivity index (χ2v) is 4.81. The molecule has 6 nitrogen and oxygen atoms in total. The molecule has 0 spiro atoms. The average molecular weight is 262 g/mol.